The Morgan fingerprint density at radius 1 is 1.47 bits per heavy atom. The van der Waals surface area contributed by atoms with E-state index in [0.717, 1.165) is 0 Å². The van der Waals surface area contributed by atoms with Gasteiger partial charge in [-0.3, -0.25) is 4.79 Å². The molecule has 1 aromatic carbocycles. The standard InChI is InChI=1S/C12H18N2O/c1-8-4-5-9(2)11(6-8)10(3)14-7-12(13)15/h4-6,10,14H,7H2,1-3H3,(H2,13,15). The Kier molecular flexibility index (Phi) is 3.86. The van der Waals surface area contributed by atoms with E-state index in [1.807, 2.05) is 6.92 Å². The average molecular weight is 206 g/mol. The number of benzene rings is 1. The normalized spacial score (nSPS) is 12.5. The highest BCUT2D eigenvalue weighted by Gasteiger charge is 2.08. The fraction of sp³-hybridized carbons (Fsp3) is 0.417. The van der Waals surface area contributed by atoms with E-state index >= 15 is 0 Å². The van der Waals surface area contributed by atoms with Crippen molar-refractivity contribution >= 4 is 5.91 Å². The van der Waals surface area contributed by atoms with E-state index in [1.54, 1.807) is 0 Å². The van der Waals surface area contributed by atoms with Gasteiger partial charge < -0.3 is 11.1 Å². The van der Waals surface area contributed by atoms with Crippen LogP contribution in [0.4, 0.5) is 0 Å². The Balaban J connectivity index is 2.76. The molecule has 82 valence electrons. The molecule has 0 radical (unpaired) electrons. The summed E-state index contributed by atoms with van der Waals surface area (Å²) in [5.74, 6) is -0.327. The highest BCUT2D eigenvalue weighted by molar-refractivity contribution is 5.75. The van der Waals surface area contributed by atoms with Gasteiger partial charge in [-0.15, -0.1) is 0 Å². The van der Waals surface area contributed by atoms with Crippen LogP contribution in [0.25, 0.3) is 0 Å². The van der Waals surface area contributed by atoms with Crippen LogP contribution in [-0.4, -0.2) is 12.5 Å². The first-order valence-electron chi connectivity index (χ1n) is 5.09. The van der Waals surface area contributed by atoms with Gasteiger partial charge in [-0.05, 0) is 31.9 Å². The van der Waals surface area contributed by atoms with Crippen molar-refractivity contribution in [3.05, 3.63) is 34.9 Å². The van der Waals surface area contributed by atoms with E-state index in [9.17, 15) is 4.79 Å². The van der Waals surface area contributed by atoms with Gasteiger partial charge in [0.15, 0.2) is 0 Å². The largest absolute Gasteiger partial charge is 0.369 e. The molecule has 1 atom stereocenters. The molecule has 0 heterocycles. The number of carbonyl (C=O) groups is 1. The monoisotopic (exact) mass is 206 g/mol. The summed E-state index contributed by atoms with van der Waals surface area (Å²) < 4.78 is 0. The second-order valence-electron chi connectivity index (χ2n) is 3.93. The number of nitrogens with two attached hydrogens (primary N) is 1. The van der Waals surface area contributed by atoms with E-state index in [1.165, 1.54) is 16.7 Å². The second-order valence-corrected chi connectivity index (χ2v) is 3.93. The Hall–Kier alpha value is -1.35. The Bertz CT molecular complexity index is 361. The van der Waals surface area contributed by atoms with Crippen molar-refractivity contribution in [3.8, 4) is 0 Å². The van der Waals surface area contributed by atoms with Crippen molar-refractivity contribution < 1.29 is 4.79 Å². The number of hydrogen-bond donors (Lipinski definition) is 2. The summed E-state index contributed by atoms with van der Waals surface area (Å²) in [6.07, 6.45) is 0. The number of rotatable bonds is 4. The lowest BCUT2D eigenvalue weighted by molar-refractivity contribution is -0.117. The third-order valence-electron chi connectivity index (χ3n) is 2.48. The second kappa shape index (κ2) is 4.94. The molecule has 0 aliphatic carbocycles. The maximum atomic E-state index is 10.6. The predicted octanol–water partition coefficient (Wildman–Crippen LogP) is 1.44. The highest BCUT2D eigenvalue weighted by Crippen LogP contribution is 2.18. The van der Waals surface area contributed by atoms with Gasteiger partial charge in [0.1, 0.15) is 0 Å². The summed E-state index contributed by atoms with van der Waals surface area (Å²) in [6, 6.07) is 6.46. The van der Waals surface area contributed by atoms with E-state index in [-0.39, 0.29) is 18.5 Å². The van der Waals surface area contributed by atoms with E-state index in [4.69, 9.17) is 5.73 Å². The number of aryl methyl sites for hydroxylation is 2. The minimum absolute atomic E-state index is 0.150. The van der Waals surface area contributed by atoms with Crippen molar-refractivity contribution in [1.82, 2.24) is 5.32 Å². The number of amides is 1. The van der Waals surface area contributed by atoms with Gasteiger partial charge in [-0.2, -0.15) is 0 Å². The summed E-state index contributed by atoms with van der Waals surface area (Å²) in [5, 5.41) is 3.09. The molecule has 0 saturated heterocycles. The van der Waals surface area contributed by atoms with Gasteiger partial charge in [-0.1, -0.05) is 23.8 Å². The Labute approximate surface area is 90.7 Å². The van der Waals surface area contributed by atoms with Gasteiger partial charge in [0.05, 0.1) is 6.54 Å². The summed E-state index contributed by atoms with van der Waals surface area (Å²) in [4.78, 5) is 10.6. The molecule has 1 amide bonds. The first kappa shape index (κ1) is 11.7. The summed E-state index contributed by atoms with van der Waals surface area (Å²) in [7, 11) is 0. The van der Waals surface area contributed by atoms with Crippen LogP contribution in [-0.2, 0) is 4.79 Å². The Morgan fingerprint density at radius 3 is 2.73 bits per heavy atom. The lowest BCUT2D eigenvalue weighted by atomic mass is 10.00. The van der Waals surface area contributed by atoms with Gasteiger partial charge in [0.2, 0.25) is 5.91 Å². The first-order valence-corrected chi connectivity index (χ1v) is 5.09. The maximum absolute atomic E-state index is 10.6. The number of nitrogens with one attached hydrogen (secondary N) is 1. The van der Waals surface area contributed by atoms with Gasteiger partial charge in [-0.25, -0.2) is 0 Å². The molecule has 0 saturated carbocycles. The van der Waals surface area contributed by atoms with Crippen molar-refractivity contribution in [2.75, 3.05) is 6.54 Å². The van der Waals surface area contributed by atoms with Gasteiger partial charge in [0, 0.05) is 6.04 Å². The van der Waals surface area contributed by atoms with Crippen LogP contribution in [0.2, 0.25) is 0 Å². The quantitative estimate of drug-likeness (QED) is 0.783. The zero-order valence-corrected chi connectivity index (χ0v) is 9.50. The summed E-state index contributed by atoms with van der Waals surface area (Å²) in [6.45, 7) is 6.38. The minimum atomic E-state index is -0.327. The van der Waals surface area contributed by atoms with Crippen LogP contribution >= 0.6 is 0 Å². The zero-order chi connectivity index (χ0) is 11.4. The van der Waals surface area contributed by atoms with Crippen LogP contribution < -0.4 is 11.1 Å². The predicted molar refractivity (Wildman–Crippen MR) is 61.5 cm³/mol. The molecule has 15 heavy (non-hydrogen) atoms. The van der Waals surface area contributed by atoms with E-state index in [2.05, 4.69) is 37.4 Å². The number of primary amides is 1. The maximum Gasteiger partial charge on any atom is 0.231 e. The molecule has 0 aromatic heterocycles. The lowest BCUT2D eigenvalue weighted by Gasteiger charge is -2.16. The molecule has 3 heteroatoms. The number of hydrogen-bond acceptors (Lipinski definition) is 2. The molecule has 3 nitrogen and oxygen atoms in total. The molecular weight excluding hydrogens is 188 g/mol. The fourth-order valence-corrected chi connectivity index (χ4v) is 1.59. The zero-order valence-electron chi connectivity index (χ0n) is 9.50. The molecular formula is C12H18N2O. The molecule has 0 aliphatic rings. The molecule has 0 aliphatic heterocycles. The van der Waals surface area contributed by atoms with Crippen molar-refractivity contribution in [3.63, 3.8) is 0 Å². The van der Waals surface area contributed by atoms with E-state index < -0.39 is 0 Å². The van der Waals surface area contributed by atoms with Gasteiger partial charge in [0.25, 0.3) is 0 Å². The van der Waals surface area contributed by atoms with Crippen molar-refractivity contribution in [1.29, 1.82) is 0 Å². The summed E-state index contributed by atoms with van der Waals surface area (Å²) in [5.41, 5.74) is 8.76. The molecule has 0 fully saturated rings. The van der Waals surface area contributed by atoms with Crippen LogP contribution in [0.5, 0.6) is 0 Å². The lowest BCUT2D eigenvalue weighted by Crippen LogP contribution is -2.30. The molecule has 1 unspecified atom stereocenters. The molecule has 0 spiro atoms. The van der Waals surface area contributed by atoms with Crippen LogP contribution in [0, 0.1) is 13.8 Å². The highest BCUT2D eigenvalue weighted by atomic mass is 16.1. The van der Waals surface area contributed by atoms with E-state index in [0.29, 0.717) is 0 Å². The Morgan fingerprint density at radius 2 is 2.13 bits per heavy atom. The van der Waals surface area contributed by atoms with Crippen LogP contribution in [0.1, 0.15) is 29.7 Å². The summed E-state index contributed by atoms with van der Waals surface area (Å²) >= 11 is 0. The van der Waals surface area contributed by atoms with Gasteiger partial charge >= 0.3 is 0 Å². The van der Waals surface area contributed by atoms with Crippen LogP contribution in [0.15, 0.2) is 18.2 Å². The number of carbonyl (C=O) groups excluding carboxylic acids is 1. The molecule has 3 N–H and O–H groups in total. The minimum Gasteiger partial charge on any atom is -0.369 e. The SMILES string of the molecule is Cc1ccc(C)c(C(C)NCC(N)=O)c1. The van der Waals surface area contributed by atoms with Crippen LogP contribution in [0.3, 0.4) is 0 Å². The first-order chi connectivity index (χ1) is 7.00. The molecule has 1 rings (SSSR count). The van der Waals surface area contributed by atoms with Crippen molar-refractivity contribution in [2.45, 2.75) is 26.8 Å². The topological polar surface area (TPSA) is 55.1 Å². The average Bonchev–Trinajstić information content (AvgIpc) is 2.18. The third kappa shape index (κ3) is 3.36. The van der Waals surface area contributed by atoms with Crippen molar-refractivity contribution in [2.24, 2.45) is 5.73 Å². The molecule has 1 aromatic rings. The fourth-order valence-electron chi connectivity index (χ4n) is 1.59. The smallest absolute Gasteiger partial charge is 0.231 e. The third-order valence-corrected chi connectivity index (χ3v) is 2.48. The molecule has 0 bridgehead atoms.